The first-order valence-electron chi connectivity index (χ1n) is 15.2. The highest BCUT2D eigenvalue weighted by molar-refractivity contribution is 5.90. The molecule has 0 aliphatic heterocycles. The summed E-state index contributed by atoms with van der Waals surface area (Å²) in [5.74, 6) is 0. The van der Waals surface area contributed by atoms with Gasteiger partial charge in [0.2, 0.25) is 0 Å². The highest BCUT2D eigenvalue weighted by Crippen LogP contribution is 2.39. The van der Waals surface area contributed by atoms with Crippen molar-refractivity contribution in [3.63, 3.8) is 0 Å². The van der Waals surface area contributed by atoms with Crippen LogP contribution in [0.2, 0.25) is 0 Å². The monoisotopic (exact) mass is 597 g/mol. The Kier molecular flexibility index (Phi) is 7.71. The largest absolute Gasteiger partial charge is 0.344 e. The van der Waals surface area contributed by atoms with Crippen LogP contribution in [0.4, 0.5) is 34.1 Å². The van der Waals surface area contributed by atoms with Gasteiger partial charge in [0.1, 0.15) is 0 Å². The minimum Gasteiger partial charge on any atom is -0.344 e. The van der Waals surface area contributed by atoms with E-state index in [1.807, 2.05) is 36.2 Å². The number of nitro benzene ring substituents is 1. The number of benzene rings is 7. The first-order valence-corrected chi connectivity index (χ1v) is 15.2. The third-order valence-corrected chi connectivity index (χ3v) is 8.34. The Balaban J connectivity index is 1.22. The zero-order chi connectivity index (χ0) is 31.5. The smallest absolute Gasteiger partial charge is 0.271 e. The highest BCUT2D eigenvalue weighted by atomic mass is 16.6. The van der Waals surface area contributed by atoms with Crippen molar-refractivity contribution in [2.24, 2.45) is 0 Å². The molecule has 0 amide bonds. The summed E-state index contributed by atoms with van der Waals surface area (Å²) in [6, 6.07) is 57.8. The molecule has 0 aliphatic carbocycles. The van der Waals surface area contributed by atoms with Gasteiger partial charge in [0.15, 0.2) is 0 Å². The van der Waals surface area contributed by atoms with Gasteiger partial charge >= 0.3 is 0 Å². The van der Waals surface area contributed by atoms with Crippen molar-refractivity contribution < 1.29 is 4.92 Å². The Morgan fingerprint density at radius 1 is 0.435 bits per heavy atom. The van der Waals surface area contributed by atoms with Crippen molar-refractivity contribution in [1.82, 2.24) is 0 Å². The Labute approximate surface area is 268 Å². The minimum absolute atomic E-state index is 0.0746. The predicted octanol–water partition coefficient (Wildman–Crippen LogP) is 11.3. The van der Waals surface area contributed by atoms with E-state index in [0.29, 0.717) is 0 Å². The second-order valence-electron chi connectivity index (χ2n) is 11.2. The molecule has 7 aromatic carbocycles. The summed E-state index contributed by atoms with van der Waals surface area (Å²) in [5, 5.41) is 13.6. The zero-order valence-corrected chi connectivity index (χ0v) is 25.3. The summed E-state index contributed by atoms with van der Waals surface area (Å²) in [6.07, 6.45) is 0. The molecular formula is C41H31N3O2. The topological polar surface area (TPSA) is 49.6 Å². The standard InChI is InChI=1S/C41H31N3O2/c1-42(38-14-8-16-41(29-38)44(45)46)36-22-17-32(18-23-36)33-19-24-37(25-20-33)43(40-26-21-31-11-5-6-12-34(31)28-40)39-15-7-13-35(27-39)30-9-3-2-4-10-30/h2-29H,1H3. The molecule has 0 unspecified atom stereocenters. The molecule has 0 aliphatic rings. The van der Waals surface area contributed by atoms with E-state index in [2.05, 4.69) is 132 Å². The molecule has 0 N–H and O–H groups in total. The van der Waals surface area contributed by atoms with Crippen molar-refractivity contribution >= 4 is 44.9 Å². The van der Waals surface area contributed by atoms with Crippen molar-refractivity contribution in [2.45, 2.75) is 0 Å². The van der Waals surface area contributed by atoms with Gasteiger partial charge in [-0.15, -0.1) is 0 Å². The van der Waals surface area contributed by atoms with Crippen molar-refractivity contribution in [1.29, 1.82) is 0 Å². The number of non-ortho nitro benzene ring substituents is 1. The predicted molar refractivity (Wildman–Crippen MR) is 191 cm³/mol. The molecule has 0 heterocycles. The maximum atomic E-state index is 11.3. The van der Waals surface area contributed by atoms with Crippen LogP contribution >= 0.6 is 0 Å². The second kappa shape index (κ2) is 12.4. The van der Waals surface area contributed by atoms with Gasteiger partial charge in [-0.1, -0.05) is 103 Å². The number of fused-ring (bicyclic) bond motifs is 1. The summed E-state index contributed by atoms with van der Waals surface area (Å²) in [4.78, 5) is 15.1. The number of anilines is 5. The van der Waals surface area contributed by atoms with E-state index in [1.165, 1.54) is 22.4 Å². The minimum atomic E-state index is -0.370. The molecule has 7 rings (SSSR count). The van der Waals surface area contributed by atoms with Crippen LogP contribution < -0.4 is 9.80 Å². The van der Waals surface area contributed by atoms with Crippen LogP contribution in [0.3, 0.4) is 0 Å². The molecule has 0 saturated heterocycles. The maximum absolute atomic E-state index is 11.3. The summed E-state index contributed by atoms with van der Waals surface area (Å²) in [5.41, 5.74) is 9.54. The molecular weight excluding hydrogens is 566 g/mol. The fourth-order valence-corrected chi connectivity index (χ4v) is 5.86. The van der Waals surface area contributed by atoms with E-state index in [9.17, 15) is 10.1 Å². The van der Waals surface area contributed by atoms with Crippen LogP contribution in [0.15, 0.2) is 170 Å². The van der Waals surface area contributed by atoms with Crippen molar-refractivity contribution in [3.8, 4) is 22.3 Å². The molecule has 222 valence electrons. The molecule has 0 saturated carbocycles. The molecule has 0 bridgehead atoms. The van der Waals surface area contributed by atoms with Crippen molar-refractivity contribution in [2.75, 3.05) is 16.8 Å². The molecule has 0 spiro atoms. The van der Waals surface area contributed by atoms with Crippen LogP contribution in [0.25, 0.3) is 33.0 Å². The summed E-state index contributed by atoms with van der Waals surface area (Å²) in [7, 11) is 1.91. The molecule has 0 atom stereocenters. The number of hydrogen-bond donors (Lipinski definition) is 0. The van der Waals surface area contributed by atoms with Gasteiger partial charge in [-0.3, -0.25) is 10.1 Å². The van der Waals surface area contributed by atoms with E-state index in [4.69, 9.17) is 0 Å². The number of hydrogen-bond acceptors (Lipinski definition) is 4. The van der Waals surface area contributed by atoms with Crippen LogP contribution in [0, 0.1) is 10.1 Å². The van der Waals surface area contributed by atoms with Gasteiger partial charge in [-0.05, 0) is 87.6 Å². The molecule has 7 aromatic rings. The van der Waals surface area contributed by atoms with E-state index < -0.39 is 0 Å². The maximum Gasteiger partial charge on any atom is 0.271 e. The number of nitrogens with zero attached hydrogens (tertiary/aromatic N) is 3. The van der Waals surface area contributed by atoms with E-state index in [-0.39, 0.29) is 10.6 Å². The summed E-state index contributed by atoms with van der Waals surface area (Å²) >= 11 is 0. The van der Waals surface area contributed by atoms with E-state index in [0.717, 1.165) is 45.1 Å². The molecule has 0 aromatic heterocycles. The summed E-state index contributed by atoms with van der Waals surface area (Å²) in [6.45, 7) is 0. The molecule has 0 radical (unpaired) electrons. The average Bonchev–Trinajstić information content (AvgIpc) is 3.12. The Hall–Kier alpha value is -6.20. The second-order valence-corrected chi connectivity index (χ2v) is 11.2. The highest BCUT2D eigenvalue weighted by Gasteiger charge is 2.15. The summed E-state index contributed by atoms with van der Waals surface area (Å²) < 4.78 is 0. The van der Waals surface area contributed by atoms with Gasteiger partial charge < -0.3 is 9.80 Å². The number of nitro groups is 1. The first-order chi connectivity index (χ1) is 22.5. The molecule has 5 heteroatoms. The lowest BCUT2D eigenvalue weighted by molar-refractivity contribution is -0.384. The lowest BCUT2D eigenvalue weighted by Crippen LogP contribution is -2.10. The van der Waals surface area contributed by atoms with Gasteiger partial charge in [0, 0.05) is 47.6 Å². The van der Waals surface area contributed by atoms with Crippen LogP contribution in [-0.2, 0) is 0 Å². The molecule has 0 fully saturated rings. The van der Waals surface area contributed by atoms with E-state index >= 15 is 0 Å². The Morgan fingerprint density at radius 3 is 1.70 bits per heavy atom. The third-order valence-electron chi connectivity index (χ3n) is 8.34. The van der Waals surface area contributed by atoms with Gasteiger partial charge in [0.25, 0.3) is 5.69 Å². The van der Waals surface area contributed by atoms with Gasteiger partial charge in [0.05, 0.1) is 4.92 Å². The lowest BCUT2D eigenvalue weighted by Gasteiger charge is -2.26. The van der Waals surface area contributed by atoms with Crippen LogP contribution in [0.5, 0.6) is 0 Å². The average molecular weight is 598 g/mol. The lowest BCUT2D eigenvalue weighted by atomic mass is 10.0. The fourth-order valence-electron chi connectivity index (χ4n) is 5.86. The quantitative estimate of drug-likeness (QED) is 0.129. The SMILES string of the molecule is CN(c1ccc(-c2ccc(N(c3cccc(-c4ccccc4)c3)c3ccc4ccccc4c3)cc2)cc1)c1cccc([N+](=O)[O-])c1. The zero-order valence-electron chi connectivity index (χ0n) is 25.3. The van der Waals surface area contributed by atoms with Crippen LogP contribution in [-0.4, -0.2) is 12.0 Å². The van der Waals surface area contributed by atoms with Gasteiger partial charge in [-0.2, -0.15) is 0 Å². The Morgan fingerprint density at radius 2 is 0.978 bits per heavy atom. The van der Waals surface area contributed by atoms with Gasteiger partial charge in [-0.25, -0.2) is 0 Å². The molecule has 5 nitrogen and oxygen atoms in total. The molecule has 46 heavy (non-hydrogen) atoms. The van der Waals surface area contributed by atoms with Crippen LogP contribution in [0.1, 0.15) is 0 Å². The van der Waals surface area contributed by atoms with Crippen molar-refractivity contribution in [3.05, 3.63) is 180 Å². The number of rotatable bonds is 8. The first kappa shape index (κ1) is 28.6. The Bertz CT molecular complexity index is 2140. The fraction of sp³-hybridized carbons (Fsp3) is 0.0244. The normalized spacial score (nSPS) is 10.9. The third kappa shape index (κ3) is 5.82. The van der Waals surface area contributed by atoms with E-state index in [1.54, 1.807) is 12.1 Å².